The Kier molecular flexibility index (Phi) is 6.07. The first-order valence-corrected chi connectivity index (χ1v) is 12.8. The van der Waals surface area contributed by atoms with E-state index in [0.717, 1.165) is 37.6 Å². The summed E-state index contributed by atoms with van der Waals surface area (Å²) in [6, 6.07) is 15.4. The van der Waals surface area contributed by atoms with Crippen LogP contribution in [0.5, 0.6) is 5.75 Å². The van der Waals surface area contributed by atoms with E-state index in [0.29, 0.717) is 35.9 Å². The fourth-order valence-electron chi connectivity index (χ4n) is 5.36. The molecule has 2 fully saturated rings. The molecule has 2 saturated heterocycles. The Morgan fingerprint density at radius 2 is 1.66 bits per heavy atom. The predicted molar refractivity (Wildman–Crippen MR) is 145 cm³/mol. The third kappa shape index (κ3) is 4.09. The van der Waals surface area contributed by atoms with Crippen molar-refractivity contribution in [1.29, 1.82) is 0 Å². The zero-order chi connectivity index (χ0) is 26.4. The van der Waals surface area contributed by atoms with Crippen LogP contribution >= 0.6 is 0 Å². The lowest BCUT2D eigenvalue weighted by Gasteiger charge is -2.34. The number of nitrogens with zero attached hydrogens (tertiary/aromatic N) is 4. The summed E-state index contributed by atoms with van der Waals surface area (Å²) in [6.45, 7) is 5.10. The zero-order valence-electron chi connectivity index (χ0n) is 21.5. The smallest absolute Gasteiger partial charge is 0.300 e. The van der Waals surface area contributed by atoms with Crippen LogP contribution in [0.4, 0.5) is 17.1 Å². The van der Waals surface area contributed by atoms with Crippen LogP contribution in [0.3, 0.4) is 0 Å². The number of likely N-dealkylation sites (N-methyl/N-ethyl adjacent to an activating group) is 2. The predicted octanol–water partition coefficient (Wildman–Crippen LogP) is 3.49. The standard InChI is InChI=1S/C29H30N4O5/c1-30-11-13-32(14-12-30)20-6-8-21(9-7-20)33-26(24-4-3-16-37-24)25(28(35)29(33)36)27(34)19-5-10-23-22(18-19)31(2)15-17-38-23/h3-10,16,18,26,34H,11-15,17H2,1-2H3/b27-25-. The van der Waals surface area contributed by atoms with Gasteiger partial charge in [-0.15, -0.1) is 0 Å². The highest BCUT2D eigenvalue weighted by atomic mass is 16.5. The number of anilines is 3. The van der Waals surface area contributed by atoms with Gasteiger partial charge in [0.1, 0.15) is 29.9 Å². The van der Waals surface area contributed by atoms with Gasteiger partial charge in [-0.1, -0.05) is 0 Å². The van der Waals surface area contributed by atoms with Gasteiger partial charge in [-0.25, -0.2) is 0 Å². The van der Waals surface area contributed by atoms with E-state index in [4.69, 9.17) is 9.15 Å². The molecule has 1 unspecified atom stereocenters. The van der Waals surface area contributed by atoms with Gasteiger partial charge < -0.3 is 29.0 Å². The Bertz CT molecular complexity index is 1390. The van der Waals surface area contributed by atoms with E-state index in [-0.39, 0.29) is 11.3 Å². The molecule has 1 amide bonds. The highest BCUT2D eigenvalue weighted by molar-refractivity contribution is 6.51. The number of amides is 1. The molecule has 9 heteroatoms. The Balaban J connectivity index is 1.39. The summed E-state index contributed by atoms with van der Waals surface area (Å²) in [7, 11) is 4.06. The minimum Gasteiger partial charge on any atom is -0.507 e. The maximum absolute atomic E-state index is 13.4. The number of aliphatic hydroxyl groups is 1. The molecule has 38 heavy (non-hydrogen) atoms. The molecule has 0 spiro atoms. The number of benzene rings is 2. The van der Waals surface area contributed by atoms with E-state index in [1.165, 1.54) is 11.2 Å². The van der Waals surface area contributed by atoms with Crippen molar-refractivity contribution in [2.75, 3.05) is 68.1 Å². The number of ketones is 1. The van der Waals surface area contributed by atoms with Crippen molar-refractivity contribution in [2.24, 2.45) is 0 Å². The van der Waals surface area contributed by atoms with Crippen LogP contribution in [-0.2, 0) is 9.59 Å². The summed E-state index contributed by atoms with van der Waals surface area (Å²) < 4.78 is 11.4. The lowest BCUT2D eigenvalue weighted by Crippen LogP contribution is -2.44. The second-order valence-electron chi connectivity index (χ2n) is 9.94. The maximum atomic E-state index is 13.4. The molecule has 2 aromatic carbocycles. The van der Waals surface area contributed by atoms with Crippen LogP contribution in [-0.4, -0.2) is 75.1 Å². The van der Waals surface area contributed by atoms with Crippen LogP contribution < -0.4 is 19.4 Å². The highest BCUT2D eigenvalue weighted by Gasteiger charge is 2.48. The summed E-state index contributed by atoms with van der Waals surface area (Å²) in [5.74, 6) is -0.609. The second-order valence-corrected chi connectivity index (χ2v) is 9.94. The number of Topliss-reactive ketones (excluding diaryl/α,β-unsaturated/α-hetero) is 1. The second kappa shape index (κ2) is 9.57. The van der Waals surface area contributed by atoms with Gasteiger partial charge in [0.15, 0.2) is 0 Å². The number of hydrogen-bond acceptors (Lipinski definition) is 8. The van der Waals surface area contributed by atoms with Gasteiger partial charge in [-0.2, -0.15) is 0 Å². The Morgan fingerprint density at radius 1 is 0.921 bits per heavy atom. The van der Waals surface area contributed by atoms with E-state index < -0.39 is 17.7 Å². The monoisotopic (exact) mass is 514 g/mol. The van der Waals surface area contributed by atoms with Gasteiger partial charge in [0.25, 0.3) is 11.7 Å². The third-order valence-corrected chi connectivity index (χ3v) is 7.58. The molecular formula is C29H30N4O5. The first-order chi connectivity index (χ1) is 18.4. The van der Waals surface area contributed by atoms with E-state index in [1.807, 2.05) is 36.2 Å². The molecule has 196 valence electrons. The van der Waals surface area contributed by atoms with Crippen molar-refractivity contribution in [3.8, 4) is 5.75 Å². The Morgan fingerprint density at radius 3 is 2.37 bits per heavy atom. The lowest BCUT2D eigenvalue weighted by molar-refractivity contribution is -0.132. The molecule has 0 aliphatic carbocycles. The maximum Gasteiger partial charge on any atom is 0.300 e. The van der Waals surface area contributed by atoms with E-state index in [2.05, 4.69) is 16.8 Å². The van der Waals surface area contributed by atoms with Crippen molar-refractivity contribution in [1.82, 2.24) is 4.90 Å². The Labute approximate surface area is 221 Å². The van der Waals surface area contributed by atoms with Gasteiger partial charge in [0.2, 0.25) is 0 Å². The highest BCUT2D eigenvalue weighted by Crippen LogP contribution is 2.43. The molecule has 9 nitrogen and oxygen atoms in total. The molecule has 1 aromatic heterocycles. The van der Waals surface area contributed by atoms with Crippen molar-refractivity contribution < 1.29 is 23.8 Å². The molecule has 3 aliphatic heterocycles. The number of hydrogen-bond donors (Lipinski definition) is 1. The normalized spacial score (nSPS) is 21.5. The molecule has 1 N–H and O–H groups in total. The quantitative estimate of drug-likeness (QED) is 0.322. The molecule has 1 atom stereocenters. The summed E-state index contributed by atoms with van der Waals surface area (Å²) in [5.41, 5.74) is 2.86. The first kappa shape index (κ1) is 24.1. The van der Waals surface area contributed by atoms with Gasteiger partial charge in [-0.3, -0.25) is 14.5 Å². The molecule has 0 saturated carbocycles. The molecule has 0 radical (unpaired) electrons. The average Bonchev–Trinajstić information content (AvgIpc) is 3.56. The van der Waals surface area contributed by atoms with E-state index in [9.17, 15) is 14.7 Å². The number of carbonyl (C=O) groups is 2. The summed E-state index contributed by atoms with van der Waals surface area (Å²) in [4.78, 5) is 34.9. The van der Waals surface area contributed by atoms with Crippen LogP contribution in [0.15, 0.2) is 70.9 Å². The largest absolute Gasteiger partial charge is 0.507 e. The topological polar surface area (TPSA) is 89.7 Å². The number of fused-ring (bicyclic) bond motifs is 1. The average molecular weight is 515 g/mol. The van der Waals surface area contributed by atoms with Gasteiger partial charge in [-0.05, 0) is 61.6 Å². The molecule has 3 aliphatic rings. The first-order valence-electron chi connectivity index (χ1n) is 12.8. The van der Waals surface area contributed by atoms with E-state index in [1.54, 1.807) is 30.3 Å². The minimum absolute atomic E-state index is 0.00701. The fourth-order valence-corrected chi connectivity index (χ4v) is 5.36. The number of piperazine rings is 1. The minimum atomic E-state index is -0.899. The SMILES string of the molecule is CN1CCN(c2ccc(N3C(=O)C(=O)/C(=C(\O)c4ccc5c(c4)N(C)CCO5)C3c3ccco3)cc2)CC1. The Hall–Kier alpha value is -4.24. The number of furan rings is 1. The van der Waals surface area contributed by atoms with Crippen molar-refractivity contribution in [2.45, 2.75) is 6.04 Å². The van der Waals surface area contributed by atoms with Crippen LogP contribution in [0.1, 0.15) is 17.4 Å². The fraction of sp³-hybridized carbons (Fsp3) is 0.310. The number of rotatable bonds is 4. The number of aliphatic hydroxyl groups excluding tert-OH is 1. The van der Waals surface area contributed by atoms with Gasteiger partial charge >= 0.3 is 0 Å². The zero-order valence-corrected chi connectivity index (χ0v) is 21.5. The summed E-state index contributed by atoms with van der Waals surface area (Å²) >= 11 is 0. The summed E-state index contributed by atoms with van der Waals surface area (Å²) in [6.07, 6.45) is 1.50. The van der Waals surface area contributed by atoms with Crippen LogP contribution in [0.25, 0.3) is 5.76 Å². The van der Waals surface area contributed by atoms with Crippen molar-refractivity contribution in [3.05, 3.63) is 77.8 Å². The molecule has 3 aromatic rings. The van der Waals surface area contributed by atoms with Gasteiger partial charge in [0.05, 0.1) is 24.1 Å². The lowest BCUT2D eigenvalue weighted by atomic mass is 9.98. The van der Waals surface area contributed by atoms with Crippen LogP contribution in [0.2, 0.25) is 0 Å². The molecule has 6 rings (SSSR count). The molecule has 0 bridgehead atoms. The third-order valence-electron chi connectivity index (χ3n) is 7.58. The van der Waals surface area contributed by atoms with E-state index >= 15 is 0 Å². The molecule has 4 heterocycles. The van der Waals surface area contributed by atoms with Crippen LogP contribution in [0, 0.1) is 0 Å². The van der Waals surface area contributed by atoms with Gasteiger partial charge in [0, 0.05) is 50.2 Å². The number of ether oxygens (including phenoxy) is 1. The van der Waals surface area contributed by atoms with Crippen molar-refractivity contribution in [3.63, 3.8) is 0 Å². The molecular weight excluding hydrogens is 484 g/mol. The summed E-state index contributed by atoms with van der Waals surface area (Å²) in [5, 5.41) is 11.4. The van der Waals surface area contributed by atoms with Crippen molar-refractivity contribution >= 4 is 34.5 Å². The number of carbonyl (C=O) groups excluding carboxylic acids is 2.